The Hall–Kier alpha value is -5.12. The van der Waals surface area contributed by atoms with Crippen LogP contribution in [0.1, 0.15) is 57.8 Å². The van der Waals surface area contributed by atoms with Crippen LogP contribution in [-0.4, -0.2) is 64.6 Å². The van der Waals surface area contributed by atoms with Crippen molar-refractivity contribution in [2.24, 2.45) is 5.92 Å². The van der Waals surface area contributed by atoms with Crippen LogP contribution in [0.3, 0.4) is 0 Å². The lowest BCUT2D eigenvalue weighted by molar-refractivity contribution is -0.136. The van der Waals surface area contributed by atoms with E-state index in [9.17, 15) is 14.4 Å². The van der Waals surface area contributed by atoms with Gasteiger partial charge in [0.15, 0.2) is 11.5 Å². The monoisotopic (exact) mass is 591 g/mol. The Kier molecular flexibility index (Phi) is 7.04. The summed E-state index contributed by atoms with van der Waals surface area (Å²) in [6, 6.07) is 22.5. The number of imide groups is 1. The van der Waals surface area contributed by atoms with Crippen molar-refractivity contribution in [2.75, 3.05) is 31.8 Å². The van der Waals surface area contributed by atoms with Crippen molar-refractivity contribution in [2.45, 2.75) is 32.4 Å². The molecule has 0 aliphatic carbocycles. The van der Waals surface area contributed by atoms with Gasteiger partial charge in [-0.1, -0.05) is 42.5 Å². The summed E-state index contributed by atoms with van der Waals surface area (Å²) in [7, 11) is 1.82. The van der Waals surface area contributed by atoms with Gasteiger partial charge < -0.3 is 19.3 Å². The zero-order valence-corrected chi connectivity index (χ0v) is 24.7. The number of rotatable bonds is 7. The molecule has 4 heterocycles. The highest BCUT2D eigenvalue weighted by atomic mass is 16.7. The van der Waals surface area contributed by atoms with Gasteiger partial charge in [0, 0.05) is 25.7 Å². The quantitative estimate of drug-likeness (QED) is 0.300. The van der Waals surface area contributed by atoms with E-state index >= 15 is 0 Å². The van der Waals surface area contributed by atoms with Gasteiger partial charge in [-0.3, -0.25) is 24.4 Å². The van der Waals surface area contributed by atoms with E-state index in [0.717, 1.165) is 35.4 Å². The van der Waals surface area contributed by atoms with Gasteiger partial charge in [-0.15, -0.1) is 0 Å². The highest BCUT2D eigenvalue weighted by Crippen LogP contribution is 2.37. The lowest BCUT2D eigenvalue weighted by Gasteiger charge is -2.37. The summed E-state index contributed by atoms with van der Waals surface area (Å²) in [5.41, 5.74) is 4.97. The molecule has 3 aromatic carbocycles. The summed E-state index contributed by atoms with van der Waals surface area (Å²) >= 11 is 0. The number of aromatic amines is 1. The summed E-state index contributed by atoms with van der Waals surface area (Å²) in [6.45, 7) is 3.44. The lowest BCUT2D eigenvalue weighted by atomic mass is 9.94. The average molecular weight is 592 g/mol. The zero-order valence-electron chi connectivity index (χ0n) is 24.7. The molecule has 224 valence electrons. The molecule has 0 bridgehead atoms. The predicted molar refractivity (Wildman–Crippen MR) is 163 cm³/mol. The Morgan fingerprint density at radius 1 is 1.02 bits per heavy atom. The number of nitrogens with zero attached hydrogens (tertiary/aromatic N) is 4. The van der Waals surface area contributed by atoms with Crippen molar-refractivity contribution in [3.8, 4) is 22.8 Å². The largest absolute Gasteiger partial charge is 0.454 e. The summed E-state index contributed by atoms with van der Waals surface area (Å²) < 4.78 is 10.9. The highest BCUT2D eigenvalue weighted by Gasteiger charge is 2.40. The normalized spacial score (nSPS) is 18.0. The average Bonchev–Trinajstić information content (AvgIpc) is 3.80. The number of amides is 3. The number of benzene rings is 3. The summed E-state index contributed by atoms with van der Waals surface area (Å²) in [4.78, 5) is 46.0. The minimum Gasteiger partial charge on any atom is -0.454 e. The fourth-order valence-corrected chi connectivity index (χ4v) is 6.34. The molecule has 3 amide bonds. The predicted octanol–water partition coefficient (Wildman–Crippen LogP) is 5.04. The molecular weight excluding hydrogens is 558 g/mol. The van der Waals surface area contributed by atoms with Crippen LogP contribution >= 0.6 is 0 Å². The number of carbonyl (C=O) groups is 3. The second-order valence-corrected chi connectivity index (χ2v) is 11.6. The second-order valence-electron chi connectivity index (χ2n) is 11.6. The molecule has 3 aliphatic rings. The van der Waals surface area contributed by atoms with Crippen LogP contribution in [-0.2, 0) is 11.3 Å². The van der Waals surface area contributed by atoms with Crippen molar-refractivity contribution in [1.29, 1.82) is 0 Å². The van der Waals surface area contributed by atoms with Gasteiger partial charge in [0.05, 0.1) is 46.7 Å². The Bertz CT molecular complexity index is 1750. The fourth-order valence-electron chi connectivity index (χ4n) is 6.34. The molecule has 10 heteroatoms. The zero-order chi connectivity index (χ0) is 30.4. The third-order valence-electron chi connectivity index (χ3n) is 8.91. The molecule has 1 N–H and O–H groups in total. The molecule has 1 aromatic heterocycles. The van der Waals surface area contributed by atoms with Gasteiger partial charge in [-0.2, -0.15) is 5.10 Å². The van der Waals surface area contributed by atoms with Crippen LogP contribution in [0.2, 0.25) is 0 Å². The molecule has 7 rings (SSSR count). The smallest absolute Gasteiger partial charge is 0.263 e. The number of fused-ring (bicyclic) bond motifs is 2. The van der Waals surface area contributed by atoms with E-state index in [1.165, 1.54) is 4.90 Å². The number of anilines is 1. The van der Waals surface area contributed by atoms with E-state index < -0.39 is 0 Å². The Labute approximate surface area is 255 Å². The van der Waals surface area contributed by atoms with Crippen molar-refractivity contribution < 1.29 is 23.9 Å². The van der Waals surface area contributed by atoms with Crippen molar-refractivity contribution in [1.82, 2.24) is 20.0 Å². The van der Waals surface area contributed by atoms with Crippen LogP contribution in [0.4, 0.5) is 5.69 Å². The molecule has 0 saturated carbocycles. The minimum atomic E-state index is -0.328. The molecule has 0 unspecified atom stereocenters. The number of carbonyl (C=O) groups excluding carboxylic acids is 3. The lowest BCUT2D eigenvalue weighted by Crippen LogP contribution is -2.44. The molecule has 1 fully saturated rings. The van der Waals surface area contributed by atoms with Crippen LogP contribution < -0.4 is 14.4 Å². The number of hydrogen-bond acceptors (Lipinski definition) is 7. The standard InChI is InChI=1S/C34H33N5O5/c1-21(26-17-27(36-35-26)23-8-4-3-5-9-23)37(2)32(40)24-10-7-15-38(19-24)28-12-6-11-25-31(28)34(42)39(33(25)41)18-22-13-14-29-30(16-22)44-20-43-29/h3-6,8-9,11-14,16-17,21,24H,7,10,15,18-20H2,1-2H3,(H,35,36)/t21-,24+/m0/s1. The minimum absolute atomic E-state index is 0.0393. The summed E-state index contributed by atoms with van der Waals surface area (Å²) in [6.07, 6.45) is 1.55. The molecule has 1 saturated heterocycles. The first-order chi connectivity index (χ1) is 21.4. The topological polar surface area (TPSA) is 108 Å². The number of hydrogen-bond donors (Lipinski definition) is 1. The maximum absolute atomic E-state index is 13.8. The number of nitrogens with one attached hydrogen (secondary N) is 1. The van der Waals surface area contributed by atoms with Crippen LogP contribution in [0, 0.1) is 5.92 Å². The van der Waals surface area contributed by atoms with Gasteiger partial charge in [-0.25, -0.2) is 0 Å². The van der Waals surface area contributed by atoms with Gasteiger partial charge in [0.2, 0.25) is 12.7 Å². The molecular formula is C34H33N5O5. The third kappa shape index (κ3) is 4.86. The van der Waals surface area contributed by atoms with E-state index in [0.29, 0.717) is 41.4 Å². The highest BCUT2D eigenvalue weighted by molar-refractivity contribution is 6.23. The summed E-state index contributed by atoms with van der Waals surface area (Å²) in [5.74, 6) is 0.391. The molecule has 0 spiro atoms. The van der Waals surface area contributed by atoms with Gasteiger partial charge in [0.25, 0.3) is 11.8 Å². The first-order valence-corrected chi connectivity index (χ1v) is 14.9. The molecule has 10 nitrogen and oxygen atoms in total. The van der Waals surface area contributed by atoms with Crippen molar-refractivity contribution >= 4 is 23.4 Å². The first-order valence-electron chi connectivity index (χ1n) is 14.9. The second kappa shape index (κ2) is 11.2. The number of ether oxygens (including phenoxy) is 2. The Morgan fingerprint density at radius 3 is 2.68 bits per heavy atom. The number of piperidine rings is 1. The Balaban J connectivity index is 1.06. The molecule has 3 aliphatic heterocycles. The third-order valence-corrected chi connectivity index (χ3v) is 8.91. The fraction of sp³-hybridized carbons (Fsp3) is 0.294. The van der Waals surface area contributed by atoms with Gasteiger partial charge in [-0.05, 0) is 55.7 Å². The van der Waals surface area contributed by atoms with E-state index in [4.69, 9.17) is 9.47 Å². The van der Waals surface area contributed by atoms with Gasteiger partial charge >= 0.3 is 0 Å². The van der Waals surface area contributed by atoms with Crippen molar-refractivity contribution in [3.05, 3.63) is 95.2 Å². The molecule has 44 heavy (non-hydrogen) atoms. The molecule has 4 aromatic rings. The van der Waals surface area contributed by atoms with Crippen LogP contribution in [0.25, 0.3) is 11.3 Å². The first kappa shape index (κ1) is 27.7. The van der Waals surface area contributed by atoms with Gasteiger partial charge in [0.1, 0.15) is 0 Å². The number of H-pyrrole nitrogens is 1. The number of aromatic nitrogens is 2. The van der Waals surface area contributed by atoms with Crippen LogP contribution in [0.5, 0.6) is 11.5 Å². The van der Waals surface area contributed by atoms with Crippen LogP contribution in [0.15, 0.2) is 72.8 Å². The van der Waals surface area contributed by atoms with E-state index in [1.54, 1.807) is 23.1 Å². The summed E-state index contributed by atoms with van der Waals surface area (Å²) in [5, 5.41) is 7.57. The Morgan fingerprint density at radius 2 is 1.84 bits per heavy atom. The molecule has 2 atom stereocenters. The molecule has 0 radical (unpaired) electrons. The SMILES string of the molecule is C[C@@H](c1cc(-c2ccccc2)n[nH]1)N(C)C(=O)[C@@H]1CCCN(c2cccc3c2C(=O)N(Cc2ccc4c(c2)OCO4)C3=O)C1. The van der Waals surface area contributed by atoms with E-state index in [1.807, 2.05) is 68.6 Å². The maximum atomic E-state index is 13.8. The van der Waals surface area contributed by atoms with Crippen molar-refractivity contribution in [3.63, 3.8) is 0 Å². The van der Waals surface area contributed by atoms with E-state index in [2.05, 4.69) is 15.1 Å². The maximum Gasteiger partial charge on any atom is 0.263 e. The van der Waals surface area contributed by atoms with E-state index in [-0.39, 0.29) is 43.0 Å².